The van der Waals surface area contributed by atoms with Crippen molar-refractivity contribution in [2.45, 2.75) is 20.8 Å². The van der Waals surface area contributed by atoms with Crippen molar-refractivity contribution in [1.82, 2.24) is 9.78 Å². The van der Waals surface area contributed by atoms with Gasteiger partial charge in [0.1, 0.15) is 11.6 Å². The van der Waals surface area contributed by atoms with Gasteiger partial charge in [-0.2, -0.15) is 5.10 Å². The van der Waals surface area contributed by atoms with E-state index in [2.05, 4.69) is 24.2 Å². The van der Waals surface area contributed by atoms with E-state index < -0.39 is 0 Å². The van der Waals surface area contributed by atoms with Crippen molar-refractivity contribution in [1.29, 1.82) is 0 Å². The van der Waals surface area contributed by atoms with E-state index in [0.29, 0.717) is 5.82 Å². The number of anilines is 1. The maximum atomic E-state index is 5.87. The van der Waals surface area contributed by atoms with Gasteiger partial charge in [-0.25, -0.2) is 0 Å². The Balaban J connectivity index is 2.78. The van der Waals surface area contributed by atoms with Crippen LogP contribution in [0.2, 0.25) is 0 Å². The number of nitrogens with two attached hydrogens (primary N) is 1. The highest BCUT2D eigenvalue weighted by Crippen LogP contribution is 2.36. The standard InChI is InChI=1S/C14H19N3O/c1-8-6-9(2)13(18-5)11(7-8)12-10(3)14(15)16-17(12)4/h6-7H,1-5H3,(H2,15,16). The molecule has 0 aliphatic heterocycles. The minimum Gasteiger partial charge on any atom is -0.496 e. The first kappa shape index (κ1) is 12.5. The molecule has 0 fully saturated rings. The van der Waals surface area contributed by atoms with E-state index in [0.717, 1.165) is 28.1 Å². The summed E-state index contributed by atoms with van der Waals surface area (Å²) < 4.78 is 7.33. The van der Waals surface area contributed by atoms with Crippen molar-refractivity contribution in [3.63, 3.8) is 0 Å². The minimum atomic E-state index is 0.564. The van der Waals surface area contributed by atoms with Crippen LogP contribution < -0.4 is 10.5 Å². The lowest BCUT2D eigenvalue weighted by atomic mass is 10.0. The molecule has 2 rings (SSSR count). The summed E-state index contributed by atoms with van der Waals surface area (Å²) in [6, 6.07) is 4.21. The summed E-state index contributed by atoms with van der Waals surface area (Å²) in [6.07, 6.45) is 0. The van der Waals surface area contributed by atoms with Crippen molar-refractivity contribution in [3.8, 4) is 17.0 Å². The van der Waals surface area contributed by atoms with Crippen LogP contribution in [0.15, 0.2) is 12.1 Å². The Morgan fingerprint density at radius 3 is 2.39 bits per heavy atom. The molecule has 1 aromatic heterocycles. The van der Waals surface area contributed by atoms with Crippen LogP contribution in [0, 0.1) is 20.8 Å². The zero-order valence-corrected chi connectivity index (χ0v) is 11.5. The Bertz CT molecular complexity index is 600. The molecule has 96 valence electrons. The Kier molecular flexibility index (Phi) is 3.03. The molecule has 0 unspecified atom stereocenters. The second kappa shape index (κ2) is 4.37. The average molecular weight is 245 g/mol. The molecule has 0 bridgehead atoms. The van der Waals surface area contributed by atoms with Gasteiger partial charge in [-0.15, -0.1) is 0 Å². The number of aromatic nitrogens is 2. The maximum absolute atomic E-state index is 5.87. The van der Waals surface area contributed by atoms with E-state index in [4.69, 9.17) is 10.5 Å². The predicted octanol–water partition coefficient (Wildman–Crippen LogP) is 2.60. The van der Waals surface area contributed by atoms with E-state index in [1.807, 2.05) is 20.9 Å². The molecular formula is C14H19N3O. The average Bonchev–Trinajstić information content (AvgIpc) is 2.52. The third-order valence-corrected chi connectivity index (χ3v) is 3.20. The van der Waals surface area contributed by atoms with Crippen LogP contribution in [-0.2, 0) is 7.05 Å². The van der Waals surface area contributed by atoms with Crippen LogP contribution in [0.3, 0.4) is 0 Å². The largest absolute Gasteiger partial charge is 0.496 e. The van der Waals surface area contributed by atoms with Gasteiger partial charge in [-0.3, -0.25) is 4.68 Å². The lowest BCUT2D eigenvalue weighted by Gasteiger charge is -2.13. The van der Waals surface area contributed by atoms with Crippen LogP contribution in [-0.4, -0.2) is 16.9 Å². The lowest BCUT2D eigenvalue weighted by Crippen LogP contribution is -1.99. The Hall–Kier alpha value is -1.97. The van der Waals surface area contributed by atoms with Crippen molar-refractivity contribution < 1.29 is 4.74 Å². The number of ether oxygens (including phenoxy) is 1. The van der Waals surface area contributed by atoms with Crippen molar-refractivity contribution >= 4 is 5.82 Å². The summed E-state index contributed by atoms with van der Waals surface area (Å²) in [7, 11) is 3.59. The van der Waals surface area contributed by atoms with Crippen molar-refractivity contribution in [2.75, 3.05) is 12.8 Å². The number of methoxy groups -OCH3 is 1. The number of hydrogen-bond acceptors (Lipinski definition) is 3. The van der Waals surface area contributed by atoms with Crippen LogP contribution in [0.1, 0.15) is 16.7 Å². The summed E-state index contributed by atoms with van der Waals surface area (Å²) in [5, 5.41) is 4.26. The van der Waals surface area contributed by atoms with E-state index in [-0.39, 0.29) is 0 Å². The monoisotopic (exact) mass is 245 g/mol. The van der Waals surface area contributed by atoms with Crippen LogP contribution in [0.25, 0.3) is 11.3 Å². The SMILES string of the molecule is COc1c(C)cc(C)cc1-c1c(C)c(N)nn1C. The van der Waals surface area contributed by atoms with E-state index in [1.165, 1.54) is 5.56 Å². The van der Waals surface area contributed by atoms with Crippen LogP contribution >= 0.6 is 0 Å². The maximum Gasteiger partial charge on any atom is 0.149 e. The molecule has 0 aliphatic carbocycles. The Morgan fingerprint density at radius 1 is 1.22 bits per heavy atom. The number of hydrogen-bond donors (Lipinski definition) is 1. The van der Waals surface area contributed by atoms with E-state index in [9.17, 15) is 0 Å². The fourth-order valence-corrected chi connectivity index (χ4v) is 2.43. The number of nitrogen functional groups attached to an aromatic ring is 1. The minimum absolute atomic E-state index is 0.564. The molecular weight excluding hydrogens is 226 g/mol. The number of nitrogens with zero attached hydrogens (tertiary/aromatic N) is 2. The zero-order chi connectivity index (χ0) is 13.4. The summed E-state index contributed by atoms with van der Waals surface area (Å²) in [5.74, 6) is 1.44. The third-order valence-electron chi connectivity index (χ3n) is 3.20. The van der Waals surface area contributed by atoms with Gasteiger partial charge < -0.3 is 10.5 Å². The first-order valence-electron chi connectivity index (χ1n) is 5.90. The predicted molar refractivity (Wildman–Crippen MR) is 73.8 cm³/mol. The number of rotatable bonds is 2. The van der Waals surface area contributed by atoms with Gasteiger partial charge in [0.25, 0.3) is 0 Å². The lowest BCUT2D eigenvalue weighted by molar-refractivity contribution is 0.413. The van der Waals surface area contributed by atoms with Gasteiger partial charge in [0.2, 0.25) is 0 Å². The molecule has 2 aromatic rings. The zero-order valence-electron chi connectivity index (χ0n) is 11.5. The summed E-state index contributed by atoms with van der Waals surface area (Å²) in [5.41, 5.74) is 11.2. The fourth-order valence-electron chi connectivity index (χ4n) is 2.43. The highest BCUT2D eigenvalue weighted by molar-refractivity contribution is 5.75. The first-order chi connectivity index (χ1) is 8.45. The molecule has 4 nitrogen and oxygen atoms in total. The van der Waals surface area contributed by atoms with E-state index in [1.54, 1.807) is 11.8 Å². The smallest absolute Gasteiger partial charge is 0.149 e. The van der Waals surface area contributed by atoms with Gasteiger partial charge in [0, 0.05) is 18.2 Å². The van der Waals surface area contributed by atoms with E-state index >= 15 is 0 Å². The molecule has 0 radical (unpaired) electrons. The first-order valence-corrected chi connectivity index (χ1v) is 5.90. The van der Waals surface area contributed by atoms with Crippen molar-refractivity contribution in [2.24, 2.45) is 7.05 Å². The Labute approximate surface area is 107 Å². The molecule has 18 heavy (non-hydrogen) atoms. The molecule has 4 heteroatoms. The topological polar surface area (TPSA) is 53.1 Å². The molecule has 0 saturated heterocycles. The van der Waals surface area contributed by atoms with Crippen LogP contribution in [0.4, 0.5) is 5.82 Å². The Morgan fingerprint density at radius 2 is 1.89 bits per heavy atom. The molecule has 0 saturated carbocycles. The molecule has 2 N–H and O–H groups in total. The van der Waals surface area contributed by atoms with Gasteiger partial charge in [0.05, 0.1) is 12.8 Å². The molecule has 1 heterocycles. The molecule has 0 amide bonds. The summed E-state index contributed by atoms with van der Waals surface area (Å²) in [6.45, 7) is 6.10. The van der Waals surface area contributed by atoms with Crippen molar-refractivity contribution in [3.05, 3.63) is 28.8 Å². The van der Waals surface area contributed by atoms with Gasteiger partial charge in [0.15, 0.2) is 0 Å². The van der Waals surface area contributed by atoms with Crippen LogP contribution in [0.5, 0.6) is 5.75 Å². The summed E-state index contributed by atoms with van der Waals surface area (Å²) in [4.78, 5) is 0. The normalized spacial score (nSPS) is 10.7. The second-order valence-corrected chi connectivity index (χ2v) is 4.65. The third kappa shape index (κ3) is 1.83. The van der Waals surface area contributed by atoms with Gasteiger partial charge >= 0.3 is 0 Å². The fraction of sp³-hybridized carbons (Fsp3) is 0.357. The quantitative estimate of drug-likeness (QED) is 0.884. The molecule has 0 spiro atoms. The number of aryl methyl sites for hydroxylation is 3. The highest BCUT2D eigenvalue weighted by Gasteiger charge is 2.17. The molecule has 0 atom stereocenters. The van der Waals surface area contributed by atoms with Gasteiger partial charge in [-0.05, 0) is 38.0 Å². The van der Waals surface area contributed by atoms with Gasteiger partial charge in [-0.1, -0.05) is 6.07 Å². The second-order valence-electron chi connectivity index (χ2n) is 4.65. The summed E-state index contributed by atoms with van der Waals surface area (Å²) >= 11 is 0. The molecule has 1 aromatic carbocycles. The highest BCUT2D eigenvalue weighted by atomic mass is 16.5. The molecule has 0 aliphatic rings. The number of benzene rings is 1.